The normalized spacial score (nSPS) is 10.1. The van der Waals surface area contributed by atoms with E-state index in [1.807, 2.05) is 6.07 Å². The summed E-state index contributed by atoms with van der Waals surface area (Å²) in [5, 5.41) is 9.66. The Morgan fingerprint density at radius 3 is 2.56 bits per heavy atom. The standard InChI is InChI=1S/C13H8Cl2N2O/c14-10-2-1-3-11(15)12(10)9-6-8(4-5-16)13(18)17-7-9/h1-3,6-7H,4H2,(H,17,18). The number of halogens is 2. The third kappa shape index (κ3) is 2.40. The Hall–Kier alpha value is -1.76. The summed E-state index contributed by atoms with van der Waals surface area (Å²) in [6.07, 6.45) is 1.58. The van der Waals surface area contributed by atoms with Crippen LogP contribution in [0.3, 0.4) is 0 Å². The van der Waals surface area contributed by atoms with Crippen molar-refractivity contribution in [3.05, 3.63) is 56.4 Å². The van der Waals surface area contributed by atoms with Crippen molar-refractivity contribution in [1.82, 2.24) is 4.98 Å². The number of nitriles is 1. The van der Waals surface area contributed by atoms with Gasteiger partial charge in [-0.2, -0.15) is 5.26 Å². The third-order valence-electron chi connectivity index (χ3n) is 2.50. The van der Waals surface area contributed by atoms with Crippen LogP contribution in [0.4, 0.5) is 0 Å². The van der Waals surface area contributed by atoms with E-state index in [9.17, 15) is 4.79 Å². The van der Waals surface area contributed by atoms with Gasteiger partial charge in [0.1, 0.15) is 0 Å². The highest BCUT2D eigenvalue weighted by molar-refractivity contribution is 6.39. The summed E-state index contributed by atoms with van der Waals surface area (Å²) >= 11 is 12.2. The van der Waals surface area contributed by atoms with Crippen LogP contribution in [0.2, 0.25) is 10.0 Å². The number of aromatic amines is 1. The van der Waals surface area contributed by atoms with E-state index < -0.39 is 0 Å². The first-order valence-electron chi connectivity index (χ1n) is 5.16. The molecule has 0 aliphatic carbocycles. The van der Waals surface area contributed by atoms with Gasteiger partial charge in [-0.15, -0.1) is 0 Å². The van der Waals surface area contributed by atoms with Gasteiger partial charge in [-0.1, -0.05) is 29.3 Å². The minimum Gasteiger partial charge on any atom is -0.328 e. The molecule has 1 aromatic heterocycles. The summed E-state index contributed by atoms with van der Waals surface area (Å²) in [6, 6.07) is 8.77. The zero-order valence-electron chi connectivity index (χ0n) is 9.21. The summed E-state index contributed by atoms with van der Waals surface area (Å²) < 4.78 is 0. The van der Waals surface area contributed by atoms with Crippen LogP contribution in [-0.4, -0.2) is 4.98 Å². The lowest BCUT2D eigenvalue weighted by Crippen LogP contribution is -2.11. The van der Waals surface area contributed by atoms with Gasteiger partial charge < -0.3 is 4.98 Å². The molecule has 5 heteroatoms. The molecule has 0 amide bonds. The summed E-state index contributed by atoms with van der Waals surface area (Å²) in [5.74, 6) is 0. The Morgan fingerprint density at radius 1 is 1.28 bits per heavy atom. The second-order valence-electron chi connectivity index (χ2n) is 3.67. The van der Waals surface area contributed by atoms with Gasteiger partial charge in [-0.25, -0.2) is 0 Å². The van der Waals surface area contributed by atoms with E-state index in [2.05, 4.69) is 4.98 Å². The second-order valence-corrected chi connectivity index (χ2v) is 4.49. The van der Waals surface area contributed by atoms with Crippen LogP contribution in [0, 0.1) is 11.3 Å². The van der Waals surface area contributed by atoms with Gasteiger partial charge >= 0.3 is 0 Å². The van der Waals surface area contributed by atoms with Crippen molar-refractivity contribution in [2.24, 2.45) is 0 Å². The molecule has 1 N–H and O–H groups in total. The van der Waals surface area contributed by atoms with Crippen molar-refractivity contribution in [1.29, 1.82) is 5.26 Å². The number of H-pyrrole nitrogens is 1. The minimum absolute atomic E-state index is 0.0469. The molecule has 0 spiro atoms. The van der Waals surface area contributed by atoms with Crippen LogP contribution in [-0.2, 0) is 6.42 Å². The van der Waals surface area contributed by atoms with E-state index in [0.717, 1.165) is 0 Å². The van der Waals surface area contributed by atoms with Gasteiger partial charge in [-0.3, -0.25) is 4.79 Å². The van der Waals surface area contributed by atoms with Gasteiger partial charge in [0.15, 0.2) is 0 Å². The molecular weight excluding hydrogens is 271 g/mol. The number of hydrogen-bond donors (Lipinski definition) is 1. The molecule has 0 aliphatic heterocycles. The quantitative estimate of drug-likeness (QED) is 0.915. The van der Waals surface area contributed by atoms with Crippen molar-refractivity contribution in [3.63, 3.8) is 0 Å². The molecule has 2 aromatic rings. The Labute approximate surface area is 114 Å². The highest BCUT2D eigenvalue weighted by atomic mass is 35.5. The van der Waals surface area contributed by atoms with Crippen LogP contribution in [0.1, 0.15) is 5.56 Å². The zero-order valence-corrected chi connectivity index (χ0v) is 10.7. The molecule has 2 rings (SSSR count). The number of hydrogen-bond acceptors (Lipinski definition) is 2. The largest absolute Gasteiger partial charge is 0.328 e. The molecule has 0 unspecified atom stereocenters. The van der Waals surface area contributed by atoms with Gasteiger partial charge in [0.25, 0.3) is 5.56 Å². The zero-order chi connectivity index (χ0) is 13.1. The molecule has 0 atom stereocenters. The van der Waals surface area contributed by atoms with Gasteiger partial charge in [0, 0.05) is 32.9 Å². The van der Waals surface area contributed by atoms with Gasteiger partial charge in [0.05, 0.1) is 12.5 Å². The summed E-state index contributed by atoms with van der Waals surface area (Å²) in [7, 11) is 0. The molecule has 0 saturated carbocycles. The molecule has 0 aliphatic rings. The van der Waals surface area contributed by atoms with Crippen LogP contribution in [0.5, 0.6) is 0 Å². The third-order valence-corrected chi connectivity index (χ3v) is 3.13. The molecular formula is C13H8Cl2N2O. The average Bonchev–Trinajstić information content (AvgIpc) is 2.33. The SMILES string of the molecule is N#CCc1cc(-c2c(Cl)cccc2Cl)c[nH]c1=O. The molecule has 0 bridgehead atoms. The van der Waals surface area contributed by atoms with E-state index in [-0.39, 0.29) is 12.0 Å². The molecule has 1 heterocycles. The molecule has 0 radical (unpaired) electrons. The predicted octanol–water partition coefficient (Wildman–Crippen LogP) is 3.41. The number of aromatic nitrogens is 1. The summed E-state index contributed by atoms with van der Waals surface area (Å²) in [5.41, 5.74) is 1.46. The lowest BCUT2D eigenvalue weighted by atomic mass is 10.0. The number of pyridine rings is 1. The lowest BCUT2D eigenvalue weighted by Gasteiger charge is -2.07. The molecule has 3 nitrogen and oxygen atoms in total. The Kier molecular flexibility index (Phi) is 3.71. The van der Waals surface area contributed by atoms with E-state index in [0.29, 0.717) is 26.7 Å². The monoisotopic (exact) mass is 278 g/mol. The van der Waals surface area contributed by atoms with Crippen molar-refractivity contribution in [3.8, 4) is 17.2 Å². The maximum Gasteiger partial charge on any atom is 0.252 e. The van der Waals surface area contributed by atoms with E-state index in [1.54, 1.807) is 24.3 Å². The number of nitrogens with zero attached hydrogens (tertiary/aromatic N) is 1. The lowest BCUT2D eigenvalue weighted by molar-refractivity contribution is 1.13. The second kappa shape index (κ2) is 5.26. The van der Waals surface area contributed by atoms with Gasteiger partial charge in [-0.05, 0) is 18.2 Å². The van der Waals surface area contributed by atoms with Crippen molar-refractivity contribution in [2.75, 3.05) is 0 Å². The van der Waals surface area contributed by atoms with Crippen molar-refractivity contribution >= 4 is 23.2 Å². The van der Waals surface area contributed by atoms with Crippen LogP contribution >= 0.6 is 23.2 Å². The topological polar surface area (TPSA) is 56.6 Å². The fourth-order valence-corrected chi connectivity index (χ4v) is 2.28. The summed E-state index contributed by atoms with van der Waals surface area (Å²) in [6.45, 7) is 0. The highest BCUT2D eigenvalue weighted by Gasteiger charge is 2.10. The fraction of sp³-hybridized carbons (Fsp3) is 0.0769. The van der Waals surface area contributed by atoms with Crippen LogP contribution < -0.4 is 5.56 Å². The maximum atomic E-state index is 11.5. The van der Waals surface area contributed by atoms with E-state index in [4.69, 9.17) is 28.5 Å². The fourth-order valence-electron chi connectivity index (χ4n) is 1.67. The van der Waals surface area contributed by atoms with Crippen molar-refractivity contribution < 1.29 is 0 Å². The molecule has 0 saturated heterocycles. The first-order valence-corrected chi connectivity index (χ1v) is 5.92. The van der Waals surface area contributed by atoms with E-state index >= 15 is 0 Å². The van der Waals surface area contributed by atoms with Crippen LogP contribution in [0.15, 0.2) is 35.3 Å². The Morgan fingerprint density at radius 2 is 1.94 bits per heavy atom. The molecule has 0 fully saturated rings. The first-order chi connectivity index (χ1) is 8.63. The van der Waals surface area contributed by atoms with Crippen LogP contribution in [0.25, 0.3) is 11.1 Å². The number of rotatable bonds is 2. The number of nitrogens with one attached hydrogen (secondary N) is 1. The summed E-state index contributed by atoms with van der Waals surface area (Å²) in [4.78, 5) is 14.1. The predicted molar refractivity (Wildman–Crippen MR) is 71.8 cm³/mol. The van der Waals surface area contributed by atoms with Gasteiger partial charge in [0.2, 0.25) is 0 Å². The minimum atomic E-state index is -0.275. The smallest absolute Gasteiger partial charge is 0.252 e. The molecule has 18 heavy (non-hydrogen) atoms. The Balaban J connectivity index is 2.62. The molecule has 90 valence electrons. The number of benzene rings is 1. The highest BCUT2D eigenvalue weighted by Crippen LogP contribution is 2.33. The molecule has 1 aromatic carbocycles. The Bertz CT molecular complexity index is 666. The van der Waals surface area contributed by atoms with Crippen molar-refractivity contribution in [2.45, 2.75) is 6.42 Å². The maximum absolute atomic E-state index is 11.5. The first kappa shape index (κ1) is 12.7. The average molecular weight is 279 g/mol. The van der Waals surface area contributed by atoms with E-state index in [1.165, 1.54) is 6.20 Å².